The maximum absolute atomic E-state index is 11.0. The molecular formula is C13H21NO3. The lowest BCUT2D eigenvalue weighted by Crippen LogP contribution is -2.59. The highest BCUT2D eigenvalue weighted by Gasteiger charge is 2.45. The molecule has 17 heavy (non-hydrogen) atoms. The molecule has 1 saturated carbocycles. The van der Waals surface area contributed by atoms with E-state index >= 15 is 0 Å². The molecule has 2 rings (SSSR count). The van der Waals surface area contributed by atoms with Crippen LogP contribution in [0.25, 0.3) is 0 Å². The van der Waals surface area contributed by atoms with E-state index in [9.17, 15) is 15.0 Å². The number of hydrogen-bond acceptors (Lipinski definition) is 4. The second kappa shape index (κ2) is 4.52. The first-order valence-electron chi connectivity index (χ1n) is 6.27. The predicted octanol–water partition coefficient (Wildman–Crippen LogP) is 0.386. The topological polar surface area (TPSA) is 69.6 Å². The average molecular weight is 239 g/mol. The van der Waals surface area contributed by atoms with Crippen LogP contribution in [0, 0.1) is 5.92 Å². The van der Waals surface area contributed by atoms with Gasteiger partial charge in [-0.25, -0.2) is 0 Å². The molecule has 2 aliphatic rings. The predicted molar refractivity (Wildman–Crippen MR) is 64.5 cm³/mol. The number of aldehydes is 1. The van der Waals surface area contributed by atoms with Crippen LogP contribution in [0.5, 0.6) is 0 Å². The van der Waals surface area contributed by atoms with Gasteiger partial charge in [-0.1, -0.05) is 12.2 Å². The molecule has 2 atom stereocenters. The number of carbonyl (C=O) groups is 1. The summed E-state index contributed by atoms with van der Waals surface area (Å²) in [6, 6.07) is -0.221. The SMILES string of the molecule is CC1(O)CCC(O)(C2NCC=CC2C=O)CC1. The van der Waals surface area contributed by atoms with Crippen LogP contribution in [-0.4, -0.2) is 40.3 Å². The van der Waals surface area contributed by atoms with E-state index < -0.39 is 11.2 Å². The number of nitrogens with one attached hydrogen (secondary N) is 1. The lowest BCUT2D eigenvalue weighted by molar-refractivity contribution is -0.119. The third-order valence-electron chi connectivity index (χ3n) is 4.13. The van der Waals surface area contributed by atoms with Gasteiger partial charge in [0.1, 0.15) is 6.29 Å². The highest BCUT2D eigenvalue weighted by Crippen LogP contribution is 2.38. The molecule has 0 spiro atoms. The summed E-state index contributed by atoms with van der Waals surface area (Å²) in [6.07, 6.45) is 6.90. The molecular weight excluding hydrogens is 218 g/mol. The summed E-state index contributed by atoms with van der Waals surface area (Å²) >= 11 is 0. The first-order chi connectivity index (χ1) is 7.97. The molecule has 3 N–H and O–H groups in total. The Balaban J connectivity index is 2.10. The number of aliphatic hydroxyl groups is 2. The Morgan fingerprint density at radius 1 is 1.29 bits per heavy atom. The van der Waals surface area contributed by atoms with Gasteiger partial charge in [0.05, 0.1) is 17.1 Å². The molecule has 2 unspecified atom stereocenters. The molecule has 1 aliphatic carbocycles. The summed E-state index contributed by atoms with van der Waals surface area (Å²) in [5.74, 6) is -0.267. The highest BCUT2D eigenvalue weighted by atomic mass is 16.3. The summed E-state index contributed by atoms with van der Waals surface area (Å²) in [5, 5.41) is 23.8. The van der Waals surface area contributed by atoms with E-state index in [1.54, 1.807) is 6.92 Å². The van der Waals surface area contributed by atoms with E-state index in [-0.39, 0.29) is 12.0 Å². The zero-order valence-electron chi connectivity index (χ0n) is 10.2. The van der Waals surface area contributed by atoms with Crippen LogP contribution in [0.2, 0.25) is 0 Å². The van der Waals surface area contributed by atoms with Gasteiger partial charge in [0.2, 0.25) is 0 Å². The molecule has 0 radical (unpaired) electrons. The standard InChI is InChI=1S/C13H21NO3/c1-12(16)4-6-13(17,7-5-12)11-10(9-15)3-2-8-14-11/h2-3,9-11,14,16-17H,4-8H2,1H3. The van der Waals surface area contributed by atoms with Crippen LogP contribution in [0.3, 0.4) is 0 Å². The van der Waals surface area contributed by atoms with Crippen LogP contribution < -0.4 is 5.32 Å². The number of rotatable bonds is 2. The second-order valence-electron chi connectivity index (χ2n) is 5.63. The Hall–Kier alpha value is -0.710. The first kappa shape index (κ1) is 12.7. The first-order valence-corrected chi connectivity index (χ1v) is 6.27. The summed E-state index contributed by atoms with van der Waals surface area (Å²) < 4.78 is 0. The van der Waals surface area contributed by atoms with Gasteiger partial charge < -0.3 is 20.3 Å². The van der Waals surface area contributed by atoms with Crippen molar-refractivity contribution in [3.63, 3.8) is 0 Å². The average Bonchev–Trinajstić information content (AvgIpc) is 2.33. The fraction of sp³-hybridized carbons (Fsp3) is 0.769. The quantitative estimate of drug-likeness (QED) is 0.481. The van der Waals surface area contributed by atoms with Crippen molar-refractivity contribution in [2.45, 2.75) is 49.9 Å². The van der Waals surface area contributed by atoms with E-state index in [0.29, 0.717) is 32.2 Å². The van der Waals surface area contributed by atoms with Crippen molar-refractivity contribution in [3.05, 3.63) is 12.2 Å². The molecule has 1 aliphatic heterocycles. The lowest BCUT2D eigenvalue weighted by Gasteiger charge is -2.46. The van der Waals surface area contributed by atoms with Crippen molar-refractivity contribution >= 4 is 6.29 Å². The van der Waals surface area contributed by atoms with Crippen LogP contribution in [0.1, 0.15) is 32.6 Å². The van der Waals surface area contributed by atoms with Gasteiger partial charge in [-0.15, -0.1) is 0 Å². The van der Waals surface area contributed by atoms with E-state index in [4.69, 9.17) is 0 Å². The number of carbonyl (C=O) groups excluding carboxylic acids is 1. The summed E-state index contributed by atoms with van der Waals surface area (Å²) in [5.41, 5.74) is -1.55. The monoisotopic (exact) mass is 239 g/mol. The fourth-order valence-corrected chi connectivity index (χ4v) is 2.87. The van der Waals surface area contributed by atoms with Crippen molar-refractivity contribution in [2.75, 3.05) is 6.54 Å². The fourth-order valence-electron chi connectivity index (χ4n) is 2.87. The van der Waals surface area contributed by atoms with Crippen LogP contribution in [0.15, 0.2) is 12.2 Å². The van der Waals surface area contributed by atoms with Gasteiger partial charge in [0.25, 0.3) is 0 Å². The summed E-state index contributed by atoms with van der Waals surface area (Å²) in [4.78, 5) is 11.0. The Labute approximate surface area is 102 Å². The molecule has 1 heterocycles. The Morgan fingerprint density at radius 2 is 1.94 bits per heavy atom. The minimum Gasteiger partial charge on any atom is -0.390 e. The number of hydrogen-bond donors (Lipinski definition) is 3. The van der Waals surface area contributed by atoms with Crippen LogP contribution >= 0.6 is 0 Å². The van der Waals surface area contributed by atoms with Crippen molar-refractivity contribution in [1.82, 2.24) is 5.32 Å². The Bertz CT molecular complexity index is 315. The zero-order valence-corrected chi connectivity index (χ0v) is 10.2. The van der Waals surface area contributed by atoms with E-state index in [2.05, 4.69) is 5.32 Å². The largest absolute Gasteiger partial charge is 0.390 e. The smallest absolute Gasteiger partial charge is 0.128 e. The molecule has 0 amide bonds. The van der Waals surface area contributed by atoms with Gasteiger partial charge in [0, 0.05) is 12.6 Å². The lowest BCUT2D eigenvalue weighted by atomic mass is 9.70. The summed E-state index contributed by atoms with van der Waals surface area (Å²) in [7, 11) is 0. The van der Waals surface area contributed by atoms with Crippen molar-refractivity contribution < 1.29 is 15.0 Å². The molecule has 0 bridgehead atoms. The Kier molecular flexibility index (Phi) is 3.39. The van der Waals surface area contributed by atoms with E-state index in [0.717, 1.165) is 6.29 Å². The molecule has 0 aromatic heterocycles. The third kappa shape index (κ3) is 2.59. The van der Waals surface area contributed by atoms with Gasteiger partial charge in [-0.3, -0.25) is 0 Å². The minimum absolute atomic E-state index is 0.221. The molecule has 0 aromatic carbocycles. The molecule has 4 nitrogen and oxygen atoms in total. The van der Waals surface area contributed by atoms with Gasteiger partial charge in [-0.05, 0) is 32.6 Å². The van der Waals surface area contributed by atoms with Gasteiger partial charge in [-0.2, -0.15) is 0 Å². The Morgan fingerprint density at radius 3 is 2.53 bits per heavy atom. The summed E-state index contributed by atoms with van der Waals surface area (Å²) in [6.45, 7) is 2.49. The van der Waals surface area contributed by atoms with Crippen molar-refractivity contribution in [1.29, 1.82) is 0 Å². The van der Waals surface area contributed by atoms with Gasteiger partial charge in [0.15, 0.2) is 0 Å². The van der Waals surface area contributed by atoms with Crippen molar-refractivity contribution in [2.24, 2.45) is 5.92 Å². The maximum atomic E-state index is 11.0. The van der Waals surface area contributed by atoms with Crippen molar-refractivity contribution in [3.8, 4) is 0 Å². The normalized spacial score (nSPS) is 46.8. The third-order valence-corrected chi connectivity index (χ3v) is 4.13. The molecule has 96 valence electrons. The molecule has 0 saturated heterocycles. The second-order valence-corrected chi connectivity index (χ2v) is 5.63. The highest BCUT2D eigenvalue weighted by molar-refractivity contribution is 5.59. The van der Waals surface area contributed by atoms with Crippen LogP contribution in [-0.2, 0) is 4.79 Å². The molecule has 4 heteroatoms. The van der Waals surface area contributed by atoms with E-state index in [1.165, 1.54) is 0 Å². The van der Waals surface area contributed by atoms with Crippen LogP contribution in [0.4, 0.5) is 0 Å². The maximum Gasteiger partial charge on any atom is 0.128 e. The zero-order chi connectivity index (χ0) is 12.5. The van der Waals surface area contributed by atoms with E-state index in [1.807, 2.05) is 12.2 Å². The van der Waals surface area contributed by atoms with Gasteiger partial charge >= 0.3 is 0 Å². The molecule has 1 fully saturated rings. The minimum atomic E-state index is -0.876. The molecule has 0 aromatic rings.